The predicted octanol–water partition coefficient (Wildman–Crippen LogP) is 4.61. The second kappa shape index (κ2) is 6.56. The number of pyridine rings is 1. The molecule has 2 aromatic rings. The van der Waals surface area contributed by atoms with Gasteiger partial charge in [-0.25, -0.2) is 4.99 Å². The van der Waals surface area contributed by atoms with Crippen molar-refractivity contribution in [2.75, 3.05) is 0 Å². The number of benzene rings is 1. The van der Waals surface area contributed by atoms with Crippen LogP contribution in [0.2, 0.25) is 0 Å². The average molecular weight is 383 g/mol. The van der Waals surface area contributed by atoms with Crippen LogP contribution in [-0.2, 0) is 12.1 Å². The molecule has 0 saturated heterocycles. The standard InChI is InChI=1S/C25H26N4/c1-3-7-18-12-21(16-27-15-18)19-8-9-20-14-24(10-5-4-6-11-24)25(22(20)13-19)28-17(2)23(26)29-25/h8-9,12-13,15-16H,4-6,10-11,14H2,1-2H3,(H2,26,29). The van der Waals surface area contributed by atoms with Crippen molar-refractivity contribution in [3.05, 3.63) is 53.3 Å². The summed E-state index contributed by atoms with van der Waals surface area (Å²) in [5.74, 6) is 6.65. The predicted molar refractivity (Wildman–Crippen MR) is 118 cm³/mol. The van der Waals surface area contributed by atoms with Crippen molar-refractivity contribution in [3.8, 4) is 23.0 Å². The van der Waals surface area contributed by atoms with Gasteiger partial charge in [0.15, 0.2) is 5.66 Å². The topological polar surface area (TPSA) is 63.6 Å². The summed E-state index contributed by atoms with van der Waals surface area (Å²) in [4.78, 5) is 14.6. The summed E-state index contributed by atoms with van der Waals surface area (Å²) in [6.45, 7) is 3.83. The van der Waals surface area contributed by atoms with Gasteiger partial charge in [0, 0.05) is 34.5 Å². The van der Waals surface area contributed by atoms with Gasteiger partial charge < -0.3 is 5.73 Å². The Morgan fingerprint density at radius 2 is 1.83 bits per heavy atom. The van der Waals surface area contributed by atoms with Crippen LogP contribution in [-0.4, -0.2) is 16.5 Å². The molecule has 4 heteroatoms. The summed E-state index contributed by atoms with van der Waals surface area (Å²) in [7, 11) is 0. The number of fused-ring (bicyclic) bond motifs is 3. The van der Waals surface area contributed by atoms with Crippen molar-refractivity contribution in [2.24, 2.45) is 21.1 Å². The molecule has 1 aromatic heterocycles. The molecule has 29 heavy (non-hydrogen) atoms. The van der Waals surface area contributed by atoms with E-state index in [2.05, 4.69) is 41.1 Å². The smallest absolute Gasteiger partial charge is 0.184 e. The lowest BCUT2D eigenvalue weighted by molar-refractivity contribution is 0.0933. The SMILES string of the molecule is CC#Cc1cncc(-c2ccc3c(c2)C2(N=C(C)C(N)=N2)C2(CCCCC2)C3)c1. The number of hydrogen-bond acceptors (Lipinski definition) is 4. The van der Waals surface area contributed by atoms with Gasteiger partial charge in [-0.2, -0.15) is 0 Å². The van der Waals surface area contributed by atoms with Gasteiger partial charge in [0.2, 0.25) is 0 Å². The number of nitrogens with zero attached hydrogens (tertiary/aromatic N) is 3. The number of hydrogen-bond donors (Lipinski definition) is 1. The third-order valence-electron chi connectivity index (χ3n) is 6.89. The molecule has 0 bridgehead atoms. The fourth-order valence-corrected chi connectivity index (χ4v) is 5.51. The maximum atomic E-state index is 6.28. The molecule has 4 nitrogen and oxygen atoms in total. The molecule has 2 heterocycles. The second-order valence-electron chi connectivity index (χ2n) is 8.59. The molecule has 3 aliphatic rings. The molecule has 1 unspecified atom stereocenters. The molecular weight excluding hydrogens is 356 g/mol. The molecule has 2 aliphatic carbocycles. The summed E-state index contributed by atoms with van der Waals surface area (Å²) in [5, 5.41) is 0. The van der Waals surface area contributed by atoms with E-state index in [-0.39, 0.29) is 5.41 Å². The summed E-state index contributed by atoms with van der Waals surface area (Å²) < 4.78 is 0. The molecule has 5 rings (SSSR count). The van der Waals surface area contributed by atoms with Crippen molar-refractivity contribution in [1.82, 2.24) is 4.98 Å². The van der Waals surface area contributed by atoms with Crippen LogP contribution in [0.3, 0.4) is 0 Å². The van der Waals surface area contributed by atoms with Crippen molar-refractivity contribution in [3.63, 3.8) is 0 Å². The highest BCUT2D eigenvalue weighted by atomic mass is 15.2. The van der Waals surface area contributed by atoms with E-state index in [0.717, 1.165) is 41.7 Å². The Balaban J connectivity index is 1.67. The Kier molecular flexibility index (Phi) is 4.10. The molecule has 1 fully saturated rings. The van der Waals surface area contributed by atoms with Crippen LogP contribution >= 0.6 is 0 Å². The zero-order chi connectivity index (χ0) is 20.1. The molecular formula is C25H26N4. The van der Waals surface area contributed by atoms with Gasteiger partial charge in [-0.1, -0.05) is 37.3 Å². The normalized spacial score (nSPS) is 24.1. The van der Waals surface area contributed by atoms with Gasteiger partial charge in [-0.15, -0.1) is 5.92 Å². The number of aromatic nitrogens is 1. The van der Waals surface area contributed by atoms with E-state index in [1.807, 2.05) is 26.2 Å². The van der Waals surface area contributed by atoms with E-state index in [0.29, 0.717) is 5.84 Å². The van der Waals surface area contributed by atoms with Gasteiger partial charge in [-0.3, -0.25) is 9.98 Å². The average Bonchev–Trinajstić information content (AvgIpc) is 3.17. The van der Waals surface area contributed by atoms with Gasteiger partial charge in [0.25, 0.3) is 0 Å². The van der Waals surface area contributed by atoms with E-state index >= 15 is 0 Å². The first-order valence-corrected chi connectivity index (χ1v) is 10.5. The van der Waals surface area contributed by atoms with Crippen molar-refractivity contribution in [2.45, 2.75) is 58.0 Å². The molecule has 1 aliphatic heterocycles. The zero-order valence-electron chi connectivity index (χ0n) is 17.1. The molecule has 0 amide bonds. The van der Waals surface area contributed by atoms with E-state index in [1.54, 1.807) is 0 Å². The van der Waals surface area contributed by atoms with Crippen LogP contribution in [0, 0.1) is 17.3 Å². The summed E-state index contributed by atoms with van der Waals surface area (Å²) in [6, 6.07) is 8.84. The maximum absolute atomic E-state index is 6.28. The lowest BCUT2D eigenvalue weighted by Crippen LogP contribution is -2.41. The van der Waals surface area contributed by atoms with Gasteiger partial charge in [0.1, 0.15) is 5.84 Å². The quantitative estimate of drug-likeness (QED) is 0.732. The molecule has 1 atom stereocenters. The summed E-state index contributed by atoms with van der Waals surface area (Å²) in [6.07, 6.45) is 10.9. The number of amidine groups is 1. The van der Waals surface area contributed by atoms with Crippen LogP contribution in [0.25, 0.3) is 11.1 Å². The Morgan fingerprint density at radius 3 is 2.55 bits per heavy atom. The van der Waals surface area contributed by atoms with Crippen molar-refractivity contribution in [1.29, 1.82) is 0 Å². The first-order chi connectivity index (χ1) is 14.1. The highest BCUT2D eigenvalue weighted by Gasteiger charge is 2.59. The fourth-order valence-electron chi connectivity index (χ4n) is 5.51. The van der Waals surface area contributed by atoms with Gasteiger partial charge in [0.05, 0.1) is 5.71 Å². The Labute approximate surface area is 172 Å². The van der Waals surface area contributed by atoms with E-state index in [1.165, 1.54) is 30.4 Å². The Bertz CT molecular complexity index is 1090. The third kappa shape index (κ3) is 2.64. The van der Waals surface area contributed by atoms with Crippen LogP contribution < -0.4 is 5.73 Å². The maximum Gasteiger partial charge on any atom is 0.184 e. The molecule has 1 aromatic carbocycles. The minimum absolute atomic E-state index is 0.0579. The molecule has 0 radical (unpaired) electrons. The highest BCUT2D eigenvalue weighted by molar-refractivity contribution is 6.41. The van der Waals surface area contributed by atoms with Crippen molar-refractivity contribution >= 4 is 11.5 Å². The minimum Gasteiger partial charge on any atom is -0.382 e. The van der Waals surface area contributed by atoms with Crippen LogP contribution in [0.4, 0.5) is 0 Å². The highest BCUT2D eigenvalue weighted by Crippen LogP contribution is 2.61. The second-order valence-corrected chi connectivity index (χ2v) is 8.59. The molecule has 1 saturated carbocycles. The zero-order valence-corrected chi connectivity index (χ0v) is 17.1. The largest absolute Gasteiger partial charge is 0.382 e. The van der Waals surface area contributed by atoms with Crippen LogP contribution in [0.15, 0.2) is 46.6 Å². The van der Waals surface area contributed by atoms with E-state index in [4.69, 9.17) is 15.7 Å². The van der Waals surface area contributed by atoms with Gasteiger partial charge >= 0.3 is 0 Å². The summed E-state index contributed by atoms with van der Waals surface area (Å²) >= 11 is 0. The number of aliphatic imine (C=N–C) groups is 2. The molecule has 2 spiro atoms. The van der Waals surface area contributed by atoms with Gasteiger partial charge in [-0.05, 0) is 56.4 Å². The van der Waals surface area contributed by atoms with Crippen LogP contribution in [0.5, 0.6) is 0 Å². The lowest BCUT2D eigenvalue weighted by Gasteiger charge is -2.42. The van der Waals surface area contributed by atoms with Crippen LogP contribution in [0.1, 0.15) is 62.6 Å². The van der Waals surface area contributed by atoms with E-state index < -0.39 is 5.66 Å². The lowest BCUT2D eigenvalue weighted by atomic mass is 9.66. The number of rotatable bonds is 1. The first-order valence-electron chi connectivity index (χ1n) is 10.5. The molecule has 146 valence electrons. The van der Waals surface area contributed by atoms with Crippen molar-refractivity contribution < 1.29 is 0 Å². The minimum atomic E-state index is -0.554. The molecule has 2 N–H and O–H groups in total. The Morgan fingerprint density at radius 1 is 1.00 bits per heavy atom. The summed E-state index contributed by atoms with van der Waals surface area (Å²) in [5.41, 5.74) is 12.4. The fraction of sp³-hybridized carbons (Fsp3) is 0.400. The third-order valence-corrected chi connectivity index (χ3v) is 6.89. The monoisotopic (exact) mass is 382 g/mol. The first kappa shape index (κ1) is 18.1. The van der Waals surface area contributed by atoms with E-state index in [9.17, 15) is 0 Å². The number of nitrogens with two attached hydrogens (primary N) is 1. The Hall–Kier alpha value is -2.93.